The SMILES string of the molecule is O=C(NCc1ccc2c(c1)OCO2)c1cccc([C@H]2CCCN(C(=O)Nc3ccccc3)C2)c1. The third kappa shape index (κ3) is 4.98. The first-order valence-corrected chi connectivity index (χ1v) is 11.5. The normalized spacial score (nSPS) is 16.7. The number of piperidine rings is 1. The van der Waals surface area contributed by atoms with Crippen molar-refractivity contribution in [2.75, 3.05) is 25.2 Å². The number of likely N-dealkylation sites (tertiary alicyclic amines) is 1. The number of amides is 3. The number of hydrogen-bond acceptors (Lipinski definition) is 4. The quantitative estimate of drug-likeness (QED) is 0.579. The number of benzene rings is 3. The molecule has 174 valence electrons. The Morgan fingerprint density at radius 1 is 0.941 bits per heavy atom. The number of nitrogens with zero attached hydrogens (tertiary/aromatic N) is 1. The standard InChI is InChI=1S/C27H27N3O4/c31-26(28-16-19-11-12-24-25(14-19)34-18-33-24)21-7-4-6-20(15-21)22-8-5-13-30(17-22)27(32)29-23-9-2-1-3-10-23/h1-4,6-7,9-12,14-15,22H,5,8,13,16-18H2,(H,28,31)(H,29,32)/t22-/m0/s1. The van der Waals surface area contributed by atoms with E-state index in [9.17, 15) is 9.59 Å². The zero-order valence-electron chi connectivity index (χ0n) is 18.8. The number of carbonyl (C=O) groups excluding carboxylic acids is 2. The van der Waals surface area contributed by atoms with E-state index in [1.165, 1.54) is 0 Å². The van der Waals surface area contributed by atoms with Crippen LogP contribution in [-0.2, 0) is 6.54 Å². The summed E-state index contributed by atoms with van der Waals surface area (Å²) in [5, 5.41) is 5.95. The van der Waals surface area contributed by atoms with E-state index in [1.807, 2.05) is 77.7 Å². The molecule has 3 aromatic carbocycles. The van der Waals surface area contributed by atoms with E-state index in [0.29, 0.717) is 24.4 Å². The fraction of sp³-hybridized carbons (Fsp3) is 0.259. The van der Waals surface area contributed by atoms with Gasteiger partial charge in [0.1, 0.15) is 0 Å². The third-order valence-electron chi connectivity index (χ3n) is 6.24. The van der Waals surface area contributed by atoms with Gasteiger partial charge in [0.05, 0.1) is 0 Å². The monoisotopic (exact) mass is 457 g/mol. The van der Waals surface area contributed by atoms with Crippen molar-refractivity contribution in [2.45, 2.75) is 25.3 Å². The van der Waals surface area contributed by atoms with Crippen molar-refractivity contribution < 1.29 is 19.1 Å². The molecule has 5 rings (SSSR count). The molecule has 34 heavy (non-hydrogen) atoms. The lowest BCUT2D eigenvalue weighted by Crippen LogP contribution is -2.41. The number of para-hydroxylation sites is 1. The fourth-order valence-electron chi connectivity index (χ4n) is 4.43. The van der Waals surface area contributed by atoms with Crippen molar-refractivity contribution in [1.29, 1.82) is 0 Å². The molecular formula is C27H27N3O4. The van der Waals surface area contributed by atoms with Gasteiger partial charge in [-0.2, -0.15) is 0 Å². The zero-order chi connectivity index (χ0) is 23.3. The van der Waals surface area contributed by atoms with Crippen LogP contribution in [0.3, 0.4) is 0 Å². The zero-order valence-corrected chi connectivity index (χ0v) is 18.8. The Morgan fingerprint density at radius 2 is 1.79 bits per heavy atom. The molecule has 0 bridgehead atoms. The van der Waals surface area contributed by atoms with E-state index in [1.54, 1.807) is 0 Å². The maximum absolute atomic E-state index is 12.8. The summed E-state index contributed by atoms with van der Waals surface area (Å²) < 4.78 is 10.7. The minimum Gasteiger partial charge on any atom is -0.454 e. The molecule has 1 fully saturated rings. The minimum atomic E-state index is -0.131. The number of anilines is 1. The van der Waals surface area contributed by atoms with Gasteiger partial charge >= 0.3 is 6.03 Å². The van der Waals surface area contributed by atoms with Gasteiger partial charge in [0, 0.05) is 36.8 Å². The first-order valence-electron chi connectivity index (χ1n) is 11.5. The smallest absolute Gasteiger partial charge is 0.321 e. The molecule has 2 aliphatic rings. The number of carbonyl (C=O) groups is 2. The van der Waals surface area contributed by atoms with Gasteiger partial charge in [-0.25, -0.2) is 4.79 Å². The predicted octanol–water partition coefficient (Wildman–Crippen LogP) is 4.76. The molecule has 3 amide bonds. The molecule has 0 saturated carbocycles. The van der Waals surface area contributed by atoms with Crippen LogP contribution in [0.5, 0.6) is 11.5 Å². The molecule has 0 spiro atoms. The lowest BCUT2D eigenvalue weighted by molar-refractivity contribution is 0.0950. The number of urea groups is 1. The van der Waals surface area contributed by atoms with Crippen molar-refractivity contribution in [3.8, 4) is 11.5 Å². The molecule has 2 N–H and O–H groups in total. The Labute approximate surface area is 198 Å². The molecule has 0 radical (unpaired) electrons. The van der Waals surface area contributed by atoms with E-state index in [4.69, 9.17) is 9.47 Å². The molecule has 0 aliphatic carbocycles. The van der Waals surface area contributed by atoms with Crippen LogP contribution in [0, 0.1) is 0 Å². The van der Waals surface area contributed by atoms with Crippen LogP contribution in [0.25, 0.3) is 0 Å². The first-order chi connectivity index (χ1) is 16.7. The summed E-state index contributed by atoms with van der Waals surface area (Å²) in [5.41, 5.74) is 3.42. The molecule has 1 saturated heterocycles. The molecule has 7 nitrogen and oxygen atoms in total. The summed E-state index contributed by atoms with van der Waals surface area (Å²) >= 11 is 0. The Morgan fingerprint density at radius 3 is 2.68 bits per heavy atom. The van der Waals surface area contributed by atoms with Gasteiger partial charge < -0.3 is 25.0 Å². The Bertz CT molecular complexity index is 1180. The van der Waals surface area contributed by atoms with E-state index >= 15 is 0 Å². The molecule has 7 heteroatoms. The van der Waals surface area contributed by atoms with Crippen molar-refractivity contribution >= 4 is 17.6 Å². The second kappa shape index (κ2) is 9.87. The first kappa shape index (κ1) is 21.8. The van der Waals surface area contributed by atoms with Crippen LogP contribution in [0.15, 0.2) is 72.8 Å². The average molecular weight is 458 g/mol. The van der Waals surface area contributed by atoms with Crippen LogP contribution in [-0.4, -0.2) is 36.7 Å². The van der Waals surface area contributed by atoms with Gasteiger partial charge in [0.2, 0.25) is 6.79 Å². The number of fused-ring (bicyclic) bond motifs is 1. The third-order valence-corrected chi connectivity index (χ3v) is 6.24. The average Bonchev–Trinajstić information content (AvgIpc) is 3.36. The summed E-state index contributed by atoms with van der Waals surface area (Å²) in [6.45, 7) is 1.98. The van der Waals surface area contributed by atoms with Crippen LogP contribution < -0.4 is 20.1 Å². The van der Waals surface area contributed by atoms with Gasteiger partial charge in [0.15, 0.2) is 11.5 Å². The number of nitrogens with one attached hydrogen (secondary N) is 2. The van der Waals surface area contributed by atoms with Crippen LogP contribution >= 0.6 is 0 Å². The highest BCUT2D eigenvalue weighted by molar-refractivity contribution is 5.94. The van der Waals surface area contributed by atoms with Crippen molar-refractivity contribution in [3.05, 3.63) is 89.5 Å². The summed E-state index contributed by atoms with van der Waals surface area (Å²) in [7, 11) is 0. The van der Waals surface area contributed by atoms with Crippen LogP contribution in [0.4, 0.5) is 10.5 Å². The van der Waals surface area contributed by atoms with E-state index < -0.39 is 0 Å². The number of hydrogen-bond donors (Lipinski definition) is 2. The second-order valence-corrected chi connectivity index (χ2v) is 8.58. The molecule has 2 heterocycles. The summed E-state index contributed by atoms with van der Waals surface area (Å²) in [6.07, 6.45) is 1.91. The highest BCUT2D eigenvalue weighted by Gasteiger charge is 2.25. The molecule has 2 aliphatic heterocycles. The van der Waals surface area contributed by atoms with Gasteiger partial charge in [-0.3, -0.25) is 4.79 Å². The van der Waals surface area contributed by atoms with Crippen molar-refractivity contribution in [3.63, 3.8) is 0 Å². The maximum atomic E-state index is 12.8. The molecule has 0 unspecified atom stereocenters. The topological polar surface area (TPSA) is 79.9 Å². The van der Waals surface area contributed by atoms with Gasteiger partial charge in [-0.15, -0.1) is 0 Å². The number of rotatable bonds is 5. The Kier molecular flexibility index (Phi) is 6.33. The highest BCUT2D eigenvalue weighted by atomic mass is 16.7. The van der Waals surface area contributed by atoms with Crippen molar-refractivity contribution in [1.82, 2.24) is 10.2 Å². The Hall–Kier alpha value is -4.00. The van der Waals surface area contributed by atoms with Crippen LogP contribution in [0.2, 0.25) is 0 Å². The lowest BCUT2D eigenvalue weighted by Gasteiger charge is -2.33. The van der Waals surface area contributed by atoms with Crippen LogP contribution in [0.1, 0.15) is 40.2 Å². The van der Waals surface area contributed by atoms with Gasteiger partial charge in [0.25, 0.3) is 5.91 Å². The van der Waals surface area contributed by atoms with Gasteiger partial charge in [-0.1, -0.05) is 36.4 Å². The largest absolute Gasteiger partial charge is 0.454 e. The second-order valence-electron chi connectivity index (χ2n) is 8.58. The molecule has 1 atom stereocenters. The molecule has 0 aromatic heterocycles. The maximum Gasteiger partial charge on any atom is 0.321 e. The molecule has 3 aromatic rings. The summed E-state index contributed by atoms with van der Waals surface area (Å²) in [6, 6.07) is 22.8. The Balaban J connectivity index is 1.20. The molecular weight excluding hydrogens is 430 g/mol. The van der Waals surface area contributed by atoms with E-state index in [0.717, 1.165) is 42.0 Å². The summed E-state index contributed by atoms with van der Waals surface area (Å²) in [4.78, 5) is 27.4. The van der Waals surface area contributed by atoms with E-state index in [-0.39, 0.29) is 24.6 Å². The predicted molar refractivity (Wildman–Crippen MR) is 129 cm³/mol. The van der Waals surface area contributed by atoms with Crippen molar-refractivity contribution in [2.24, 2.45) is 0 Å². The minimum absolute atomic E-state index is 0.0893. The fourth-order valence-corrected chi connectivity index (χ4v) is 4.43. The van der Waals surface area contributed by atoms with Gasteiger partial charge in [-0.05, 0) is 60.4 Å². The highest BCUT2D eigenvalue weighted by Crippen LogP contribution is 2.32. The summed E-state index contributed by atoms with van der Waals surface area (Å²) in [5.74, 6) is 1.49. The number of ether oxygens (including phenoxy) is 2. The van der Waals surface area contributed by atoms with E-state index in [2.05, 4.69) is 10.6 Å². The lowest BCUT2D eigenvalue weighted by atomic mass is 9.89.